The molecule has 0 aliphatic carbocycles. The number of nitrogens with zero attached hydrogens (tertiary/aromatic N) is 1. The maximum absolute atomic E-state index is 6.10. The fraction of sp³-hybridized carbons (Fsp3) is 0.571. The van der Waals surface area contributed by atoms with Crippen LogP contribution in [0, 0.1) is 0 Å². The zero-order valence-electron chi connectivity index (χ0n) is 10.8. The Morgan fingerprint density at radius 1 is 1.41 bits per heavy atom. The van der Waals surface area contributed by atoms with Crippen LogP contribution in [0.4, 0.5) is 5.69 Å². The van der Waals surface area contributed by atoms with Crippen molar-refractivity contribution in [2.45, 2.75) is 38.8 Å². The molecule has 0 amide bonds. The van der Waals surface area contributed by atoms with Gasteiger partial charge in [-0.15, -0.1) is 0 Å². The van der Waals surface area contributed by atoms with Crippen LogP contribution in [0.3, 0.4) is 0 Å². The molecule has 1 aromatic carbocycles. The molecule has 1 aromatic rings. The highest BCUT2D eigenvalue weighted by Gasteiger charge is 2.32. The van der Waals surface area contributed by atoms with Gasteiger partial charge >= 0.3 is 0 Å². The lowest BCUT2D eigenvalue weighted by Crippen LogP contribution is -2.49. The third-order valence-electron chi connectivity index (χ3n) is 3.53. The van der Waals surface area contributed by atoms with Gasteiger partial charge in [0.05, 0.1) is 0 Å². The van der Waals surface area contributed by atoms with Gasteiger partial charge in [0.1, 0.15) is 0 Å². The molecule has 1 aliphatic rings. The van der Waals surface area contributed by atoms with E-state index in [1.54, 1.807) is 0 Å². The highest BCUT2D eigenvalue weighted by atomic mass is 35.5. The fourth-order valence-electron chi connectivity index (χ4n) is 2.74. The van der Waals surface area contributed by atoms with Gasteiger partial charge in [0, 0.05) is 28.8 Å². The normalized spacial score (nSPS) is 24.5. The van der Waals surface area contributed by atoms with E-state index < -0.39 is 0 Å². The summed E-state index contributed by atoms with van der Waals surface area (Å²) in [4.78, 5) is 2.49. The SMILES string of the molecule is CC1CNCCC(C)(C)N1c1cccc(Cl)c1. The van der Waals surface area contributed by atoms with Crippen molar-refractivity contribution in [2.75, 3.05) is 18.0 Å². The van der Waals surface area contributed by atoms with Crippen LogP contribution in [0.25, 0.3) is 0 Å². The molecule has 0 aromatic heterocycles. The monoisotopic (exact) mass is 252 g/mol. The summed E-state index contributed by atoms with van der Waals surface area (Å²) in [5.74, 6) is 0. The van der Waals surface area contributed by atoms with Gasteiger partial charge in [-0.05, 0) is 51.9 Å². The Kier molecular flexibility index (Phi) is 3.64. The van der Waals surface area contributed by atoms with E-state index in [1.165, 1.54) is 5.69 Å². The Hall–Kier alpha value is -0.730. The van der Waals surface area contributed by atoms with Gasteiger partial charge in [-0.1, -0.05) is 17.7 Å². The highest BCUT2D eigenvalue weighted by Crippen LogP contribution is 2.31. The molecular formula is C14H21ClN2. The van der Waals surface area contributed by atoms with Crippen molar-refractivity contribution >= 4 is 17.3 Å². The molecule has 3 heteroatoms. The van der Waals surface area contributed by atoms with Gasteiger partial charge in [-0.2, -0.15) is 0 Å². The zero-order valence-corrected chi connectivity index (χ0v) is 11.6. The molecule has 1 aliphatic heterocycles. The highest BCUT2D eigenvalue weighted by molar-refractivity contribution is 6.30. The van der Waals surface area contributed by atoms with Crippen molar-refractivity contribution in [1.29, 1.82) is 0 Å². The van der Waals surface area contributed by atoms with E-state index >= 15 is 0 Å². The second kappa shape index (κ2) is 4.87. The molecule has 2 rings (SSSR count). The predicted molar refractivity (Wildman–Crippen MR) is 75.0 cm³/mol. The average molecular weight is 253 g/mol. The number of anilines is 1. The second-order valence-corrected chi connectivity index (χ2v) is 5.90. The van der Waals surface area contributed by atoms with Crippen molar-refractivity contribution in [2.24, 2.45) is 0 Å². The van der Waals surface area contributed by atoms with Crippen molar-refractivity contribution in [1.82, 2.24) is 5.32 Å². The topological polar surface area (TPSA) is 15.3 Å². The Morgan fingerprint density at radius 3 is 2.88 bits per heavy atom. The number of benzene rings is 1. The Bertz CT molecular complexity index is 390. The molecule has 94 valence electrons. The molecule has 1 fully saturated rings. The molecule has 1 atom stereocenters. The van der Waals surface area contributed by atoms with E-state index in [0.29, 0.717) is 6.04 Å². The lowest BCUT2D eigenvalue weighted by Gasteiger charge is -2.42. The first-order valence-electron chi connectivity index (χ1n) is 6.26. The number of hydrogen-bond donors (Lipinski definition) is 1. The molecule has 1 N–H and O–H groups in total. The first kappa shape index (κ1) is 12.7. The van der Waals surface area contributed by atoms with E-state index in [4.69, 9.17) is 11.6 Å². The fourth-order valence-corrected chi connectivity index (χ4v) is 2.93. The van der Waals surface area contributed by atoms with Crippen LogP contribution in [-0.4, -0.2) is 24.7 Å². The number of hydrogen-bond acceptors (Lipinski definition) is 2. The summed E-state index contributed by atoms with van der Waals surface area (Å²) >= 11 is 6.10. The maximum atomic E-state index is 6.10. The van der Waals surface area contributed by atoms with Gasteiger partial charge < -0.3 is 10.2 Å². The minimum Gasteiger partial charge on any atom is -0.362 e. The Balaban J connectivity index is 2.38. The average Bonchev–Trinajstić information content (AvgIpc) is 2.36. The van der Waals surface area contributed by atoms with Crippen LogP contribution in [0.15, 0.2) is 24.3 Å². The minimum atomic E-state index is 0.160. The molecule has 1 saturated heterocycles. The van der Waals surface area contributed by atoms with Crippen LogP contribution in [0.2, 0.25) is 5.02 Å². The van der Waals surface area contributed by atoms with E-state index in [1.807, 2.05) is 12.1 Å². The smallest absolute Gasteiger partial charge is 0.0426 e. The summed E-state index contributed by atoms with van der Waals surface area (Å²) in [6, 6.07) is 8.64. The van der Waals surface area contributed by atoms with Crippen LogP contribution in [0.5, 0.6) is 0 Å². The molecule has 17 heavy (non-hydrogen) atoms. The minimum absolute atomic E-state index is 0.160. The van der Waals surface area contributed by atoms with Crippen LogP contribution in [0.1, 0.15) is 27.2 Å². The van der Waals surface area contributed by atoms with Crippen molar-refractivity contribution < 1.29 is 0 Å². The van der Waals surface area contributed by atoms with Gasteiger partial charge in [-0.25, -0.2) is 0 Å². The third-order valence-corrected chi connectivity index (χ3v) is 3.77. The Labute approximate surface area is 109 Å². The summed E-state index contributed by atoms with van der Waals surface area (Å²) in [6.45, 7) is 8.97. The number of nitrogens with one attached hydrogen (secondary N) is 1. The van der Waals surface area contributed by atoms with Crippen molar-refractivity contribution in [3.8, 4) is 0 Å². The lowest BCUT2D eigenvalue weighted by molar-refractivity contribution is 0.426. The molecule has 1 heterocycles. The van der Waals surface area contributed by atoms with Gasteiger partial charge in [-0.3, -0.25) is 0 Å². The van der Waals surface area contributed by atoms with Gasteiger partial charge in [0.25, 0.3) is 0 Å². The molecule has 0 radical (unpaired) electrons. The van der Waals surface area contributed by atoms with Crippen molar-refractivity contribution in [3.05, 3.63) is 29.3 Å². The Morgan fingerprint density at radius 2 is 2.18 bits per heavy atom. The molecule has 0 spiro atoms. The molecular weight excluding hydrogens is 232 g/mol. The summed E-state index contributed by atoms with van der Waals surface area (Å²) in [5, 5.41) is 4.30. The van der Waals surface area contributed by atoms with Crippen molar-refractivity contribution in [3.63, 3.8) is 0 Å². The second-order valence-electron chi connectivity index (χ2n) is 5.47. The van der Waals surface area contributed by atoms with Crippen LogP contribution in [-0.2, 0) is 0 Å². The number of rotatable bonds is 1. The zero-order chi connectivity index (χ0) is 12.5. The van der Waals surface area contributed by atoms with E-state index in [9.17, 15) is 0 Å². The first-order valence-corrected chi connectivity index (χ1v) is 6.64. The van der Waals surface area contributed by atoms with Crippen LogP contribution >= 0.6 is 11.6 Å². The quantitative estimate of drug-likeness (QED) is 0.825. The lowest BCUT2D eigenvalue weighted by atomic mass is 9.96. The molecule has 1 unspecified atom stereocenters. The van der Waals surface area contributed by atoms with E-state index in [0.717, 1.165) is 24.5 Å². The first-order chi connectivity index (χ1) is 8.00. The van der Waals surface area contributed by atoms with Gasteiger partial charge in [0.15, 0.2) is 0 Å². The molecule has 2 nitrogen and oxygen atoms in total. The van der Waals surface area contributed by atoms with E-state index in [-0.39, 0.29) is 5.54 Å². The standard InChI is InChI=1S/C14H21ClN2/c1-11-10-16-8-7-14(2,3)17(11)13-6-4-5-12(15)9-13/h4-6,9,11,16H,7-8,10H2,1-3H3. The summed E-state index contributed by atoms with van der Waals surface area (Å²) in [7, 11) is 0. The summed E-state index contributed by atoms with van der Waals surface area (Å²) in [6.07, 6.45) is 1.14. The third kappa shape index (κ3) is 2.75. The summed E-state index contributed by atoms with van der Waals surface area (Å²) in [5.41, 5.74) is 1.38. The van der Waals surface area contributed by atoms with Crippen LogP contribution < -0.4 is 10.2 Å². The summed E-state index contributed by atoms with van der Waals surface area (Å²) < 4.78 is 0. The molecule has 0 bridgehead atoms. The number of halogens is 1. The van der Waals surface area contributed by atoms with E-state index in [2.05, 4.69) is 43.1 Å². The predicted octanol–water partition coefficient (Wildman–Crippen LogP) is 3.31. The maximum Gasteiger partial charge on any atom is 0.0426 e. The van der Waals surface area contributed by atoms with Gasteiger partial charge in [0.2, 0.25) is 0 Å². The largest absolute Gasteiger partial charge is 0.362 e. The molecule has 0 saturated carbocycles.